The van der Waals surface area contributed by atoms with Crippen molar-refractivity contribution < 1.29 is 14.3 Å². The molecular weight excluding hydrogens is 216 g/mol. The van der Waals surface area contributed by atoms with Gasteiger partial charge < -0.3 is 9.47 Å². The number of carbonyl (C=O) groups is 1. The zero-order chi connectivity index (χ0) is 12.3. The lowest BCUT2D eigenvalue weighted by Gasteiger charge is -2.11. The van der Waals surface area contributed by atoms with Gasteiger partial charge in [0.1, 0.15) is 11.9 Å². The van der Waals surface area contributed by atoms with E-state index in [2.05, 4.69) is 0 Å². The summed E-state index contributed by atoms with van der Waals surface area (Å²) >= 11 is 0. The Bertz CT molecular complexity index is 534. The van der Waals surface area contributed by atoms with Crippen LogP contribution in [0.3, 0.4) is 0 Å². The third kappa shape index (κ3) is 2.38. The van der Waals surface area contributed by atoms with Crippen LogP contribution in [-0.2, 0) is 9.53 Å². The van der Waals surface area contributed by atoms with E-state index in [1.54, 1.807) is 7.11 Å². The molecule has 0 bridgehead atoms. The lowest BCUT2D eigenvalue weighted by Crippen LogP contribution is -1.97. The van der Waals surface area contributed by atoms with Crippen LogP contribution in [0.2, 0.25) is 0 Å². The van der Waals surface area contributed by atoms with Gasteiger partial charge in [-0.2, -0.15) is 0 Å². The van der Waals surface area contributed by atoms with Crippen LogP contribution in [0.1, 0.15) is 18.6 Å². The molecule has 0 saturated heterocycles. The van der Waals surface area contributed by atoms with Gasteiger partial charge in [0.2, 0.25) is 0 Å². The highest BCUT2D eigenvalue weighted by molar-refractivity contribution is 5.84. The predicted octanol–water partition coefficient (Wildman–Crippen LogP) is 3.08. The molecule has 88 valence electrons. The third-order valence-electron chi connectivity index (χ3n) is 2.80. The fourth-order valence-corrected chi connectivity index (χ4v) is 1.78. The number of rotatable bonds is 4. The Morgan fingerprint density at radius 1 is 1.12 bits per heavy atom. The Hall–Kier alpha value is -2.03. The van der Waals surface area contributed by atoms with Crippen molar-refractivity contribution in [2.45, 2.75) is 13.0 Å². The van der Waals surface area contributed by atoms with Crippen LogP contribution in [0.5, 0.6) is 5.75 Å². The van der Waals surface area contributed by atoms with Gasteiger partial charge in [0.05, 0.1) is 7.11 Å². The van der Waals surface area contributed by atoms with Crippen molar-refractivity contribution in [1.82, 2.24) is 0 Å². The lowest BCUT2D eigenvalue weighted by atomic mass is 10.0. The minimum absolute atomic E-state index is 0.223. The first kappa shape index (κ1) is 11.5. The van der Waals surface area contributed by atoms with Crippen LogP contribution in [0.25, 0.3) is 10.8 Å². The SMILES string of the molecule is COc1ccc2cc(C(C)OC=O)ccc2c1. The smallest absolute Gasteiger partial charge is 0.293 e. The van der Waals surface area contributed by atoms with Crippen molar-refractivity contribution in [3.8, 4) is 5.75 Å². The molecule has 0 saturated carbocycles. The van der Waals surface area contributed by atoms with E-state index >= 15 is 0 Å². The summed E-state index contributed by atoms with van der Waals surface area (Å²) in [4.78, 5) is 10.3. The Morgan fingerprint density at radius 3 is 2.53 bits per heavy atom. The summed E-state index contributed by atoms with van der Waals surface area (Å²) in [6.07, 6.45) is -0.223. The molecule has 0 heterocycles. The van der Waals surface area contributed by atoms with Crippen LogP contribution in [0, 0.1) is 0 Å². The zero-order valence-corrected chi connectivity index (χ0v) is 9.84. The molecule has 3 heteroatoms. The second-order valence-corrected chi connectivity index (χ2v) is 3.85. The van der Waals surface area contributed by atoms with Gasteiger partial charge in [0.15, 0.2) is 0 Å². The number of hydrogen-bond acceptors (Lipinski definition) is 3. The van der Waals surface area contributed by atoms with Crippen LogP contribution in [-0.4, -0.2) is 13.6 Å². The fraction of sp³-hybridized carbons (Fsp3) is 0.214. The monoisotopic (exact) mass is 230 g/mol. The maximum Gasteiger partial charge on any atom is 0.293 e. The molecule has 0 aliphatic carbocycles. The summed E-state index contributed by atoms with van der Waals surface area (Å²) < 4.78 is 10.1. The Morgan fingerprint density at radius 2 is 1.82 bits per heavy atom. The van der Waals surface area contributed by atoms with Gasteiger partial charge >= 0.3 is 0 Å². The van der Waals surface area contributed by atoms with Crippen molar-refractivity contribution in [3.05, 3.63) is 42.0 Å². The standard InChI is InChI=1S/C14H14O3/c1-10(17-9-15)11-3-4-13-8-14(16-2)6-5-12(13)7-11/h3-10H,1-2H3. The zero-order valence-electron chi connectivity index (χ0n) is 9.84. The van der Waals surface area contributed by atoms with Gasteiger partial charge in [-0.3, -0.25) is 4.79 Å². The normalized spacial score (nSPS) is 12.1. The lowest BCUT2D eigenvalue weighted by molar-refractivity contribution is -0.133. The first-order valence-electron chi connectivity index (χ1n) is 5.41. The van der Waals surface area contributed by atoms with Crippen LogP contribution in [0.4, 0.5) is 0 Å². The molecule has 3 nitrogen and oxygen atoms in total. The minimum atomic E-state index is -0.223. The van der Waals surface area contributed by atoms with Crippen molar-refractivity contribution >= 4 is 17.2 Å². The number of ether oxygens (including phenoxy) is 2. The number of benzene rings is 2. The minimum Gasteiger partial charge on any atom is -0.497 e. The molecule has 0 fully saturated rings. The summed E-state index contributed by atoms with van der Waals surface area (Å²) in [6.45, 7) is 2.32. The third-order valence-corrected chi connectivity index (χ3v) is 2.80. The molecule has 0 spiro atoms. The van der Waals surface area contributed by atoms with E-state index in [0.29, 0.717) is 6.47 Å². The van der Waals surface area contributed by atoms with E-state index in [9.17, 15) is 4.79 Å². The summed E-state index contributed by atoms with van der Waals surface area (Å²) in [5.74, 6) is 0.836. The molecule has 2 rings (SSSR count). The molecular formula is C14H14O3. The summed E-state index contributed by atoms with van der Waals surface area (Å²) in [5, 5.41) is 2.20. The van der Waals surface area contributed by atoms with E-state index in [0.717, 1.165) is 22.1 Å². The Balaban J connectivity index is 2.40. The van der Waals surface area contributed by atoms with Crippen LogP contribution < -0.4 is 4.74 Å². The average Bonchev–Trinajstić information content (AvgIpc) is 2.37. The number of methoxy groups -OCH3 is 1. The second-order valence-electron chi connectivity index (χ2n) is 3.85. The molecule has 0 aliphatic heterocycles. The number of fused-ring (bicyclic) bond motifs is 1. The van der Waals surface area contributed by atoms with Crippen molar-refractivity contribution in [2.24, 2.45) is 0 Å². The predicted molar refractivity (Wildman–Crippen MR) is 66.1 cm³/mol. The van der Waals surface area contributed by atoms with E-state index < -0.39 is 0 Å². The molecule has 2 aromatic rings. The molecule has 0 amide bonds. The summed E-state index contributed by atoms with van der Waals surface area (Å²) in [5.41, 5.74) is 0.981. The molecule has 1 unspecified atom stereocenters. The van der Waals surface area contributed by atoms with Crippen molar-refractivity contribution in [3.63, 3.8) is 0 Å². The summed E-state index contributed by atoms with van der Waals surface area (Å²) in [6, 6.07) is 11.9. The van der Waals surface area contributed by atoms with Crippen molar-refractivity contribution in [1.29, 1.82) is 0 Å². The van der Waals surface area contributed by atoms with Crippen molar-refractivity contribution in [2.75, 3.05) is 7.11 Å². The van der Waals surface area contributed by atoms with Crippen LogP contribution >= 0.6 is 0 Å². The van der Waals surface area contributed by atoms with Gasteiger partial charge in [-0.1, -0.05) is 18.2 Å². The molecule has 0 aliphatic rings. The molecule has 17 heavy (non-hydrogen) atoms. The Labute approximate surface area is 100.0 Å². The van der Waals surface area contributed by atoms with E-state index in [1.807, 2.05) is 43.3 Å². The molecule has 0 radical (unpaired) electrons. The van der Waals surface area contributed by atoms with Gasteiger partial charge in [0, 0.05) is 0 Å². The van der Waals surface area contributed by atoms with Gasteiger partial charge in [-0.15, -0.1) is 0 Å². The van der Waals surface area contributed by atoms with Crippen LogP contribution in [0.15, 0.2) is 36.4 Å². The summed E-state index contributed by atoms with van der Waals surface area (Å²) in [7, 11) is 1.65. The average molecular weight is 230 g/mol. The molecule has 1 atom stereocenters. The molecule has 2 aromatic carbocycles. The van der Waals surface area contributed by atoms with Gasteiger partial charge in [0.25, 0.3) is 6.47 Å². The maximum absolute atomic E-state index is 10.3. The topological polar surface area (TPSA) is 35.5 Å². The molecule has 0 N–H and O–H groups in total. The Kier molecular flexibility index (Phi) is 3.28. The second kappa shape index (κ2) is 4.87. The highest BCUT2D eigenvalue weighted by atomic mass is 16.5. The van der Waals surface area contributed by atoms with Gasteiger partial charge in [-0.25, -0.2) is 0 Å². The fourth-order valence-electron chi connectivity index (χ4n) is 1.78. The van der Waals surface area contributed by atoms with E-state index in [4.69, 9.17) is 9.47 Å². The highest BCUT2D eigenvalue weighted by Crippen LogP contribution is 2.25. The van der Waals surface area contributed by atoms with E-state index in [1.165, 1.54) is 0 Å². The highest BCUT2D eigenvalue weighted by Gasteiger charge is 2.06. The quantitative estimate of drug-likeness (QED) is 0.757. The van der Waals surface area contributed by atoms with E-state index in [-0.39, 0.29) is 6.10 Å². The maximum atomic E-state index is 10.3. The number of carbonyl (C=O) groups excluding carboxylic acids is 1. The first-order chi connectivity index (χ1) is 8.24. The largest absolute Gasteiger partial charge is 0.497 e. The number of hydrogen-bond donors (Lipinski definition) is 0. The molecule has 0 aromatic heterocycles. The first-order valence-corrected chi connectivity index (χ1v) is 5.41. The van der Waals surface area contributed by atoms with Gasteiger partial charge in [-0.05, 0) is 41.5 Å².